The first-order valence-corrected chi connectivity index (χ1v) is 5.06. The Bertz CT molecular complexity index is 559. The highest BCUT2D eigenvalue weighted by Gasteiger charge is 2.32. The van der Waals surface area contributed by atoms with E-state index in [4.69, 9.17) is 10.5 Å². The first kappa shape index (κ1) is 9.14. The number of carbonyl (C=O) groups excluding carboxylic acids is 1. The topological polar surface area (TPSA) is 82.5 Å². The molecular formula is C10H10N4O2. The summed E-state index contributed by atoms with van der Waals surface area (Å²) in [5.41, 5.74) is 6.63. The number of ether oxygens (including phenoxy) is 1. The molecule has 1 fully saturated rings. The zero-order valence-electron chi connectivity index (χ0n) is 8.46. The molecule has 0 bridgehead atoms. The van der Waals surface area contributed by atoms with Gasteiger partial charge in [-0.15, -0.1) is 5.10 Å². The van der Waals surface area contributed by atoms with Gasteiger partial charge < -0.3 is 10.5 Å². The average Bonchev–Trinajstić information content (AvgIpc) is 3.00. The van der Waals surface area contributed by atoms with Gasteiger partial charge in [-0.1, -0.05) is 0 Å². The van der Waals surface area contributed by atoms with Crippen molar-refractivity contribution < 1.29 is 9.53 Å². The predicted molar refractivity (Wildman–Crippen MR) is 55.2 cm³/mol. The molecule has 0 aromatic carbocycles. The molecule has 2 aromatic heterocycles. The summed E-state index contributed by atoms with van der Waals surface area (Å²) >= 11 is 0. The quantitative estimate of drug-likeness (QED) is 0.817. The van der Waals surface area contributed by atoms with E-state index < -0.39 is 6.09 Å². The van der Waals surface area contributed by atoms with Gasteiger partial charge in [-0.25, -0.2) is 14.3 Å². The summed E-state index contributed by atoms with van der Waals surface area (Å²) in [6.07, 6.45) is 4.77. The first-order chi connectivity index (χ1) is 7.75. The molecular weight excluding hydrogens is 208 g/mol. The maximum absolute atomic E-state index is 10.8. The van der Waals surface area contributed by atoms with Crippen molar-refractivity contribution in [2.75, 3.05) is 0 Å². The summed E-state index contributed by atoms with van der Waals surface area (Å²) in [6.45, 7) is 0. The average molecular weight is 218 g/mol. The first-order valence-electron chi connectivity index (χ1n) is 5.06. The number of nitrogens with zero attached hydrogens (tertiary/aromatic N) is 3. The van der Waals surface area contributed by atoms with E-state index in [0.29, 0.717) is 5.92 Å². The van der Waals surface area contributed by atoms with Gasteiger partial charge in [-0.2, -0.15) is 0 Å². The molecule has 1 aliphatic carbocycles. The molecule has 0 atom stereocenters. The molecule has 0 aliphatic heterocycles. The van der Waals surface area contributed by atoms with Gasteiger partial charge in [0.25, 0.3) is 0 Å². The van der Waals surface area contributed by atoms with Gasteiger partial charge >= 0.3 is 6.09 Å². The monoisotopic (exact) mass is 218 g/mol. The molecule has 6 nitrogen and oxygen atoms in total. The molecule has 0 unspecified atom stereocenters. The van der Waals surface area contributed by atoms with Gasteiger partial charge in [0.05, 0.1) is 5.56 Å². The Hall–Kier alpha value is -2.11. The van der Waals surface area contributed by atoms with E-state index in [0.717, 1.165) is 24.1 Å². The fourth-order valence-electron chi connectivity index (χ4n) is 1.78. The van der Waals surface area contributed by atoms with Crippen molar-refractivity contribution in [1.29, 1.82) is 0 Å². The van der Waals surface area contributed by atoms with Crippen LogP contribution < -0.4 is 10.5 Å². The third-order valence-corrected chi connectivity index (χ3v) is 2.58. The lowest BCUT2D eigenvalue weighted by molar-refractivity contribution is 0.208. The minimum atomic E-state index is -0.842. The number of aromatic nitrogens is 3. The summed E-state index contributed by atoms with van der Waals surface area (Å²) in [5.74, 6) is 0.676. The van der Waals surface area contributed by atoms with Crippen LogP contribution in [-0.2, 0) is 0 Å². The number of carbonyl (C=O) groups is 1. The molecule has 6 heteroatoms. The summed E-state index contributed by atoms with van der Waals surface area (Å²) in [4.78, 5) is 15.0. The summed E-state index contributed by atoms with van der Waals surface area (Å²) in [6, 6.07) is 1.77. The fourth-order valence-corrected chi connectivity index (χ4v) is 1.78. The Morgan fingerprint density at radius 1 is 1.56 bits per heavy atom. The standard InChI is InChI=1S/C10H10N4O2/c11-10(15)16-9-7(6-2-3-6)8-12-4-1-5-14(8)13-9/h1,4-6H,2-3H2,(H2,11,15). The van der Waals surface area contributed by atoms with Gasteiger partial charge in [0.1, 0.15) is 0 Å². The molecule has 0 radical (unpaired) electrons. The Labute approximate surface area is 91.0 Å². The number of fused-ring (bicyclic) bond motifs is 1. The van der Waals surface area contributed by atoms with Crippen LogP contribution in [0, 0.1) is 0 Å². The maximum Gasteiger partial charge on any atom is 0.411 e. The Morgan fingerprint density at radius 2 is 2.38 bits per heavy atom. The molecule has 3 rings (SSSR count). The van der Waals surface area contributed by atoms with E-state index in [2.05, 4.69) is 10.1 Å². The number of rotatable bonds is 2. The molecule has 1 aliphatic rings. The van der Waals surface area contributed by atoms with Gasteiger partial charge in [-0.3, -0.25) is 0 Å². The van der Waals surface area contributed by atoms with Crippen molar-refractivity contribution in [3.8, 4) is 5.88 Å². The van der Waals surface area contributed by atoms with Gasteiger partial charge in [0.15, 0.2) is 5.65 Å². The van der Waals surface area contributed by atoms with E-state index in [1.165, 1.54) is 0 Å². The van der Waals surface area contributed by atoms with Gasteiger partial charge in [-0.05, 0) is 24.8 Å². The van der Waals surface area contributed by atoms with Crippen LogP contribution in [0.3, 0.4) is 0 Å². The number of hydrogen-bond donors (Lipinski definition) is 1. The lowest BCUT2D eigenvalue weighted by Crippen LogP contribution is -2.17. The van der Waals surface area contributed by atoms with Crippen molar-refractivity contribution in [3.63, 3.8) is 0 Å². The Kier molecular flexibility index (Phi) is 1.82. The van der Waals surface area contributed by atoms with Crippen molar-refractivity contribution in [2.24, 2.45) is 5.73 Å². The minimum absolute atomic E-state index is 0.286. The number of amides is 1. The van der Waals surface area contributed by atoms with E-state index in [9.17, 15) is 4.79 Å². The lowest BCUT2D eigenvalue weighted by Gasteiger charge is -1.98. The predicted octanol–water partition coefficient (Wildman–Crippen LogP) is 1.06. The van der Waals surface area contributed by atoms with Crippen LogP contribution in [0.5, 0.6) is 5.88 Å². The van der Waals surface area contributed by atoms with Crippen LogP contribution in [0.15, 0.2) is 18.5 Å². The second-order valence-corrected chi connectivity index (χ2v) is 3.80. The molecule has 0 spiro atoms. The minimum Gasteiger partial charge on any atom is -0.389 e. The smallest absolute Gasteiger partial charge is 0.389 e. The van der Waals surface area contributed by atoms with E-state index in [-0.39, 0.29) is 5.88 Å². The van der Waals surface area contributed by atoms with Crippen molar-refractivity contribution in [2.45, 2.75) is 18.8 Å². The molecule has 1 saturated carbocycles. The summed E-state index contributed by atoms with van der Waals surface area (Å²) < 4.78 is 6.50. The highest BCUT2D eigenvalue weighted by atomic mass is 16.6. The van der Waals surface area contributed by atoms with E-state index in [1.807, 2.05) is 0 Å². The number of nitrogens with two attached hydrogens (primary N) is 1. The zero-order valence-corrected chi connectivity index (χ0v) is 8.46. The normalized spacial score (nSPS) is 15.2. The van der Waals surface area contributed by atoms with Gasteiger partial charge in [0.2, 0.25) is 5.88 Å². The third-order valence-electron chi connectivity index (χ3n) is 2.58. The molecule has 2 heterocycles. The van der Waals surface area contributed by atoms with Crippen LogP contribution in [0.2, 0.25) is 0 Å². The molecule has 2 N–H and O–H groups in total. The van der Waals surface area contributed by atoms with Crippen LogP contribution in [0.25, 0.3) is 5.65 Å². The Morgan fingerprint density at radius 3 is 3.06 bits per heavy atom. The van der Waals surface area contributed by atoms with Crippen LogP contribution in [0.4, 0.5) is 4.79 Å². The maximum atomic E-state index is 10.8. The SMILES string of the molecule is NC(=O)Oc1nn2cccnc2c1C1CC1. The second-order valence-electron chi connectivity index (χ2n) is 3.80. The van der Waals surface area contributed by atoms with E-state index in [1.54, 1.807) is 23.0 Å². The fraction of sp³-hybridized carbons (Fsp3) is 0.300. The van der Waals surface area contributed by atoms with E-state index >= 15 is 0 Å². The van der Waals surface area contributed by atoms with Crippen molar-refractivity contribution >= 4 is 11.7 Å². The van der Waals surface area contributed by atoms with Crippen molar-refractivity contribution in [1.82, 2.24) is 14.6 Å². The van der Waals surface area contributed by atoms with Crippen LogP contribution in [-0.4, -0.2) is 20.7 Å². The van der Waals surface area contributed by atoms with Gasteiger partial charge in [0, 0.05) is 12.4 Å². The molecule has 82 valence electrons. The zero-order chi connectivity index (χ0) is 11.1. The number of primary amides is 1. The lowest BCUT2D eigenvalue weighted by atomic mass is 10.2. The van der Waals surface area contributed by atoms with Crippen LogP contribution in [0.1, 0.15) is 24.3 Å². The molecule has 16 heavy (non-hydrogen) atoms. The summed E-state index contributed by atoms with van der Waals surface area (Å²) in [7, 11) is 0. The van der Waals surface area contributed by atoms with Crippen LogP contribution >= 0.6 is 0 Å². The summed E-state index contributed by atoms with van der Waals surface area (Å²) in [5, 5.41) is 4.15. The Balaban J connectivity index is 2.18. The molecule has 1 amide bonds. The highest BCUT2D eigenvalue weighted by Crippen LogP contribution is 2.45. The molecule has 0 saturated heterocycles. The number of hydrogen-bond acceptors (Lipinski definition) is 4. The largest absolute Gasteiger partial charge is 0.411 e. The highest BCUT2D eigenvalue weighted by molar-refractivity contribution is 5.70. The molecule has 2 aromatic rings. The van der Waals surface area contributed by atoms with Crippen molar-refractivity contribution in [3.05, 3.63) is 24.0 Å². The third kappa shape index (κ3) is 1.39. The second kappa shape index (κ2) is 3.19.